The highest BCUT2D eigenvalue weighted by molar-refractivity contribution is 4.72. The minimum absolute atomic E-state index is 0.538. The van der Waals surface area contributed by atoms with Gasteiger partial charge in [-0.05, 0) is 19.9 Å². The second-order valence-electron chi connectivity index (χ2n) is 2.60. The van der Waals surface area contributed by atoms with Crippen molar-refractivity contribution in [3.05, 3.63) is 0 Å². The molecule has 54 valence electrons. The van der Waals surface area contributed by atoms with Crippen LogP contribution in [0.5, 0.6) is 0 Å². The Morgan fingerprint density at radius 2 is 2.11 bits per heavy atom. The first-order valence-corrected chi connectivity index (χ1v) is 3.28. The predicted octanol–water partition coefficient (Wildman–Crippen LogP) is -0.609. The van der Waals surface area contributed by atoms with Gasteiger partial charge in [-0.15, -0.1) is 0 Å². The molecule has 0 bridgehead atoms. The van der Waals surface area contributed by atoms with E-state index in [1.165, 1.54) is 0 Å². The molecule has 1 fully saturated rings. The van der Waals surface area contributed by atoms with E-state index < -0.39 is 12.3 Å². The summed E-state index contributed by atoms with van der Waals surface area (Å²) in [6, 6.07) is 0. The summed E-state index contributed by atoms with van der Waals surface area (Å²) in [7, 11) is 1.81. The zero-order chi connectivity index (χ0) is 6.85. The van der Waals surface area contributed by atoms with Crippen molar-refractivity contribution in [1.29, 1.82) is 0 Å². The van der Waals surface area contributed by atoms with Gasteiger partial charge < -0.3 is 10.2 Å². The molecule has 0 aliphatic carbocycles. The van der Waals surface area contributed by atoms with Gasteiger partial charge in [-0.1, -0.05) is 0 Å². The fourth-order valence-electron chi connectivity index (χ4n) is 1.12. The number of likely N-dealkylation sites (tertiary alicyclic amines) is 1. The van der Waals surface area contributed by atoms with Crippen molar-refractivity contribution in [1.82, 2.24) is 4.90 Å². The Labute approximate surface area is 54.9 Å². The third kappa shape index (κ3) is 1.41. The van der Waals surface area contributed by atoms with Gasteiger partial charge in [0.2, 0.25) is 0 Å². The van der Waals surface area contributed by atoms with E-state index in [4.69, 9.17) is 10.2 Å². The quantitative estimate of drug-likeness (QED) is 0.461. The number of aliphatic hydroxyl groups is 2. The summed E-state index contributed by atoms with van der Waals surface area (Å²) >= 11 is 0. The lowest BCUT2D eigenvalue weighted by Crippen LogP contribution is -2.45. The van der Waals surface area contributed by atoms with Gasteiger partial charge in [0.05, 0.1) is 6.10 Å². The van der Waals surface area contributed by atoms with Crippen LogP contribution >= 0.6 is 0 Å². The van der Waals surface area contributed by atoms with E-state index in [-0.39, 0.29) is 0 Å². The van der Waals surface area contributed by atoms with Crippen molar-refractivity contribution in [3.63, 3.8) is 0 Å². The van der Waals surface area contributed by atoms with Crippen LogP contribution in [0.1, 0.15) is 12.8 Å². The summed E-state index contributed by atoms with van der Waals surface area (Å²) in [5.41, 5.74) is 0. The molecule has 0 aromatic carbocycles. The largest absolute Gasteiger partial charge is 0.389 e. The predicted molar refractivity (Wildman–Crippen MR) is 33.9 cm³/mol. The van der Waals surface area contributed by atoms with Gasteiger partial charge in [-0.2, -0.15) is 0 Å². The lowest BCUT2D eigenvalue weighted by atomic mass is 10.1. The Balaban J connectivity index is 2.41. The maximum absolute atomic E-state index is 9.12. The van der Waals surface area contributed by atoms with Gasteiger partial charge >= 0.3 is 0 Å². The molecule has 2 N–H and O–H groups in total. The van der Waals surface area contributed by atoms with Gasteiger partial charge in [-0.3, -0.25) is 4.90 Å². The summed E-state index contributed by atoms with van der Waals surface area (Å²) in [6.45, 7) is 0.887. The van der Waals surface area contributed by atoms with E-state index in [0.29, 0.717) is 0 Å². The van der Waals surface area contributed by atoms with E-state index in [1.54, 1.807) is 4.90 Å². The SMILES string of the molecule is CN1CCCC(O)C1O. The first-order valence-electron chi connectivity index (χ1n) is 3.28. The lowest BCUT2D eigenvalue weighted by Gasteiger charge is -2.32. The Morgan fingerprint density at radius 3 is 2.56 bits per heavy atom. The standard InChI is InChI=1S/C6H13NO2/c1-7-4-2-3-5(8)6(7)9/h5-6,8-9H,2-4H2,1H3. The molecule has 0 radical (unpaired) electrons. The number of hydrogen-bond donors (Lipinski definition) is 2. The molecule has 2 unspecified atom stereocenters. The summed E-state index contributed by atoms with van der Waals surface area (Å²) in [6.07, 6.45) is 0.530. The smallest absolute Gasteiger partial charge is 0.133 e. The highest BCUT2D eigenvalue weighted by Gasteiger charge is 2.24. The Bertz CT molecular complexity index is 87.1. The Kier molecular flexibility index (Phi) is 2.05. The maximum Gasteiger partial charge on any atom is 0.133 e. The maximum atomic E-state index is 9.12. The van der Waals surface area contributed by atoms with Crippen LogP contribution < -0.4 is 0 Å². The number of likely N-dealkylation sites (N-methyl/N-ethyl adjacent to an activating group) is 1. The first kappa shape index (κ1) is 6.99. The van der Waals surface area contributed by atoms with E-state index in [2.05, 4.69) is 0 Å². The lowest BCUT2D eigenvalue weighted by molar-refractivity contribution is -0.0960. The second-order valence-corrected chi connectivity index (χ2v) is 2.60. The molecule has 0 spiro atoms. The number of aliphatic hydroxyl groups excluding tert-OH is 2. The van der Waals surface area contributed by atoms with Crippen LogP contribution in [0, 0.1) is 0 Å². The van der Waals surface area contributed by atoms with E-state index in [1.807, 2.05) is 7.05 Å². The molecule has 1 aliphatic rings. The summed E-state index contributed by atoms with van der Waals surface area (Å²) in [4.78, 5) is 1.76. The molecule has 1 heterocycles. The molecular weight excluding hydrogens is 118 g/mol. The van der Waals surface area contributed by atoms with Crippen molar-refractivity contribution in [2.45, 2.75) is 25.2 Å². The molecule has 1 saturated heterocycles. The first-order chi connectivity index (χ1) is 4.22. The summed E-state index contributed by atoms with van der Waals surface area (Å²) in [5.74, 6) is 0. The minimum Gasteiger partial charge on any atom is -0.389 e. The van der Waals surface area contributed by atoms with Crippen molar-refractivity contribution in [2.75, 3.05) is 13.6 Å². The van der Waals surface area contributed by atoms with Crippen LogP contribution in [-0.2, 0) is 0 Å². The Hall–Kier alpha value is -0.120. The molecule has 3 heteroatoms. The third-order valence-electron chi connectivity index (χ3n) is 1.81. The molecule has 0 saturated carbocycles. The van der Waals surface area contributed by atoms with Crippen molar-refractivity contribution in [2.24, 2.45) is 0 Å². The number of nitrogens with zero attached hydrogens (tertiary/aromatic N) is 1. The normalized spacial score (nSPS) is 39.0. The van der Waals surface area contributed by atoms with Gasteiger partial charge in [0, 0.05) is 6.54 Å². The van der Waals surface area contributed by atoms with Crippen LogP contribution in [0.4, 0.5) is 0 Å². The van der Waals surface area contributed by atoms with Crippen molar-refractivity contribution >= 4 is 0 Å². The van der Waals surface area contributed by atoms with Crippen molar-refractivity contribution in [3.8, 4) is 0 Å². The van der Waals surface area contributed by atoms with Gasteiger partial charge in [0.25, 0.3) is 0 Å². The van der Waals surface area contributed by atoms with Crippen LogP contribution in [0.15, 0.2) is 0 Å². The van der Waals surface area contributed by atoms with Crippen molar-refractivity contribution < 1.29 is 10.2 Å². The molecule has 0 aromatic rings. The average molecular weight is 131 g/mol. The Morgan fingerprint density at radius 1 is 1.44 bits per heavy atom. The van der Waals surface area contributed by atoms with Gasteiger partial charge in [0.15, 0.2) is 0 Å². The molecule has 0 aromatic heterocycles. The molecule has 3 nitrogen and oxygen atoms in total. The molecular formula is C6H13NO2. The fraction of sp³-hybridized carbons (Fsp3) is 1.00. The molecule has 9 heavy (non-hydrogen) atoms. The highest BCUT2D eigenvalue weighted by Crippen LogP contribution is 2.12. The average Bonchev–Trinajstić information content (AvgIpc) is 1.83. The molecule has 0 amide bonds. The van der Waals surface area contributed by atoms with Crippen LogP contribution in [0.2, 0.25) is 0 Å². The number of piperidine rings is 1. The van der Waals surface area contributed by atoms with Crippen LogP contribution in [0.25, 0.3) is 0 Å². The summed E-state index contributed by atoms with van der Waals surface area (Å²) in [5, 5.41) is 18.2. The van der Waals surface area contributed by atoms with Crippen LogP contribution in [0.3, 0.4) is 0 Å². The topological polar surface area (TPSA) is 43.7 Å². The van der Waals surface area contributed by atoms with E-state index in [0.717, 1.165) is 19.4 Å². The number of rotatable bonds is 0. The van der Waals surface area contributed by atoms with E-state index >= 15 is 0 Å². The fourth-order valence-corrected chi connectivity index (χ4v) is 1.12. The zero-order valence-corrected chi connectivity index (χ0v) is 5.62. The summed E-state index contributed by atoms with van der Waals surface area (Å²) < 4.78 is 0. The van der Waals surface area contributed by atoms with Gasteiger partial charge in [-0.25, -0.2) is 0 Å². The molecule has 2 atom stereocenters. The molecule has 1 aliphatic heterocycles. The third-order valence-corrected chi connectivity index (χ3v) is 1.81. The van der Waals surface area contributed by atoms with E-state index in [9.17, 15) is 0 Å². The minimum atomic E-state index is -0.640. The number of hydrogen-bond acceptors (Lipinski definition) is 3. The second kappa shape index (κ2) is 2.64. The zero-order valence-electron chi connectivity index (χ0n) is 5.62. The monoisotopic (exact) mass is 131 g/mol. The van der Waals surface area contributed by atoms with Crippen LogP contribution in [-0.4, -0.2) is 41.0 Å². The highest BCUT2D eigenvalue weighted by atomic mass is 16.3. The van der Waals surface area contributed by atoms with Gasteiger partial charge in [0.1, 0.15) is 6.23 Å². The molecule has 1 rings (SSSR count).